The Labute approximate surface area is 132 Å². The van der Waals surface area contributed by atoms with Crippen molar-refractivity contribution in [3.8, 4) is 0 Å². The predicted molar refractivity (Wildman–Crippen MR) is 90.8 cm³/mol. The van der Waals surface area contributed by atoms with Gasteiger partial charge in [0.25, 0.3) is 0 Å². The van der Waals surface area contributed by atoms with Crippen molar-refractivity contribution in [3.63, 3.8) is 0 Å². The first-order valence-corrected chi connectivity index (χ1v) is 8.62. The number of nitrogens with zero attached hydrogens (tertiary/aromatic N) is 1. The third-order valence-corrected chi connectivity index (χ3v) is 4.58. The molecule has 22 heavy (non-hydrogen) atoms. The lowest BCUT2D eigenvalue weighted by Gasteiger charge is -2.24. The summed E-state index contributed by atoms with van der Waals surface area (Å²) in [5.41, 5.74) is 1.07. The molecule has 1 N–H and O–H groups in total. The van der Waals surface area contributed by atoms with E-state index in [4.69, 9.17) is 4.98 Å². The Morgan fingerprint density at radius 2 is 2.00 bits per heavy atom. The van der Waals surface area contributed by atoms with Gasteiger partial charge in [-0.3, -0.25) is 0 Å². The van der Waals surface area contributed by atoms with Crippen LogP contribution >= 0.6 is 0 Å². The lowest BCUT2D eigenvalue weighted by molar-refractivity contribution is 0.462. The maximum Gasteiger partial charge on any atom is 0.134 e. The highest BCUT2D eigenvalue weighted by molar-refractivity contribution is 5.92. The van der Waals surface area contributed by atoms with E-state index in [9.17, 15) is 4.39 Å². The van der Waals surface area contributed by atoms with Crippen molar-refractivity contribution in [2.45, 2.75) is 64.3 Å². The molecule has 1 aliphatic carbocycles. The second kappa shape index (κ2) is 7.08. The number of halogens is 1. The summed E-state index contributed by atoms with van der Waals surface area (Å²) in [5.74, 6) is 0.763. The molecule has 0 spiro atoms. The number of unbranched alkanes of at least 4 members (excludes halogenated alkanes) is 1. The summed E-state index contributed by atoms with van der Waals surface area (Å²) in [6.45, 7) is 2.18. The van der Waals surface area contributed by atoms with Crippen molar-refractivity contribution in [2.24, 2.45) is 0 Å². The topological polar surface area (TPSA) is 24.9 Å². The van der Waals surface area contributed by atoms with Gasteiger partial charge in [-0.1, -0.05) is 32.6 Å². The number of hydrogen-bond acceptors (Lipinski definition) is 2. The van der Waals surface area contributed by atoms with Crippen LogP contribution in [0.15, 0.2) is 24.3 Å². The van der Waals surface area contributed by atoms with Gasteiger partial charge >= 0.3 is 0 Å². The fraction of sp³-hybridized carbons (Fsp3) is 0.526. The van der Waals surface area contributed by atoms with Crippen LogP contribution in [0, 0.1) is 5.82 Å². The highest BCUT2D eigenvalue weighted by Crippen LogP contribution is 2.28. The number of rotatable bonds is 5. The fourth-order valence-corrected chi connectivity index (χ4v) is 3.32. The van der Waals surface area contributed by atoms with E-state index in [-0.39, 0.29) is 5.82 Å². The molecule has 1 aromatic heterocycles. The summed E-state index contributed by atoms with van der Waals surface area (Å²) in [6, 6.07) is 7.56. The number of anilines is 1. The summed E-state index contributed by atoms with van der Waals surface area (Å²) in [5, 5.41) is 5.62. The Balaban J connectivity index is 1.93. The van der Waals surface area contributed by atoms with Gasteiger partial charge in [0.1, 0.15) is 11.6 Å². The molecule has 0 radical (unpaired) electrons. The Hall–Kier alpha value is -1.64. The molecular weight excluding hydrogens is 275 g/mol. The van der Waals surface area contributed by atoms with E-state index in [1.807, 2.05) is 12.1 Å². The third-order valence-electron chi connectivity index (χ3n) is 4.58. The molecule has 3 rings (SSSR count). The Bertz CT molecular complexity index is 633. The Kier molecular flexibility index (Phi) is 4.91. The average molecular weight is 300 g/mol. The van der Waals surface area contributed by atoms with Gasteiger partial charge in [0.15, 0.2) is 0 Å². The Morgan fingerprint density at radius 3 is 2.77 bits per heavy atom. The number of pyridine rings is 1. The van der Waals surface area contributed by atoms with Crippen LogP contribution in [0.1, 0.15) is 57.6 Å². The van der Waals surface area contributed by atoms with Gasteiger partial charge in [-0.15, -0.1) is 0 Å². The minimum atomic E-state index is -0.177. The van der Waals surface area contributed by atoms with Crippen LogP contribution in [-0.4, -0.2) is 11.0 Å². The van der Waals surface area contributed by atoms with E-state index in [0.717, 1.165) is 41.5 Å². The molecule has 1 saturated carbocycles. The van der Waals surface area contributed by atoms with Crippen LogP contribution < -0.4 is 5.32 Å². The fourth-order valence-electron chi connectivity index (χ4n) is 3.32. The molecule has 2 aromatic rings. The summed E-state index contributed by atoms with van der Waals surface area (Å²) < 4.78 is 13.6. The van der Waals surface area contributed by atoms with E-state index in [1.54, 1.807) is 6.07 Å². The molecule has 1 fully saturated rings. The monoisotopic (exact) mass is 300 g/mol. The molecule has 0 bridgehead atoms. The van der Waals surface area contributed by atoms with Gasteiger partial charge in [-0.2, -0.15) is 0 Å². The molecule has 0 aliphatic heterocycles. The molecule has 1 aromatic carbocycles. The number of hydrogen-bond donors (Lipinski definition) is 1. The molecule has 0 atom stereocenters. The first-order chi connectivity index (χ1) is 10.8. The first kappa shape index (κ1) is 15.3. The van der Waals surface area contributed by atoms with Crippen molar-refractivity contribution < 1.29 is 4.39 Å². The van der Waals surface area contributed by atoms with E-state index in [0.29, 0.717) is 6.04 Å². The zero-order valence-corrected chi connectivity index (χ0v) is 13.4. The number of fused-ring (bicyclic) bond motifs is 1. The van der Waals surface area contributed by atoms with Crippen molar-refractivity contribution in [1.82, 2.24) is 4.98 Å². The van der Waals surface area contributed by atoms with Gasteiger partial charge in [0.2, 0.25) is 0 Å². The zero-order valence-electron chi connectivity index (χ0n) is 13.4. The van der Waals surface area contributed by atoms with E-state index < -0.39 is 0 Å². The van der Waals surface area contributed by atoms with Gasteiger partial charge in [0, 0.05) is 17.1 Å². The molecule has 0 amide bonds. The third kappa shape index (κ3) is 3.57. The lowest BCUT2D eigenvalue weighted by Crippen LogP contribution is -2.23. The van der Waals surface area contributed by atoms with E-state index in [1.165, 1.54) is 38.2 Å². The molecule has 118 valence electrons. The summed E-state index contributed by atoms with van der Waals surface area (Å²) in [4.78, 5) is 4.83. The summed E-state index contributed by atoms with van der Waals surface area (Å²) in [6.07, 6.45) is 9.58. The molecular formula is C19H25FN2. The largest absolute Gasteiger partial charge is 0.367 e. The molecule has 0 saturated heterocycles. The van der Waals surface area contributed by atoms with Crippen LogP contribution in [0.25, 0.3) is 10.8 Å². The summed E-state index contributed by atoms with van der Waals surface area (Å²) in [7, 11) is 0. The van der Waals surface area contributed by atoms with E-state index in [2.05, 4.69) is 12.2 Å². The number of benzene rings is 1. The van der Waals surface area contributed by atoms with Crippen LogP contribution in [0.2, 0.25) is 0 Å². The van der Waals surface area contributed by atoms with Crippen molar-refractivity contribution in [3.05, 3.63) is 35.8 Å². The van der Waals surface area contributed by atoms with Crippen LogP contribution in [0.5, 0.6) is 0 Å². The maximum absolute atomic E-state index is 13.6. The summed E-state index contributed by atoms with van der Waals surface area (Å²) >= 11 is 0. The number of aryl methyl sites for hydroxylation is 1. The molecule has 1 heterocycles. The standard InChI is InChI=1S/C19H25FN2/c1-2-3-7-17-13-14-12-15(20)10-11-18(14)19(22-17)21-16-8-5-4-6-9-16/h10-13,16H,2-9H2,1H3,(H,21,22). The number of nitrogens with one attached hydrogen (secondary N) is 1. The van der Waals surface area contributed by atoms with Crippen LogP contribution in [0.3, 0.4) is 0 Å². The quantitative estimate of drug-likeness (QED) is 0.793. The van der Waals surface area contributed by atoms with Crippen molar-refractivity contribution >= 4 is 16.6 Å². The normalized spacial score (nSPS) is 16.1. The zero-order chi connectivity index (χ0) is 15.4. The highest BCUT2D eigenvalue weighted by Gasteiger charge is 2.15. The van der Waals surface area contributed by atoms with E-state index >= 15 is 0 Å². The van der Waals surface area contributed by atoms with Gasteiger partial charge in [-0.05, 0) is 55.3 Å². The lowest BCUT2D eigenvalue weighted by atomic mass is 9.95. The minimum absolute atomic E-state index is 0.177. The second-order valence-electron chi connectivity index (χ2n) is 6.41. The minimum Gasteiger partial charge on any atom is -0.367 e. The average Bonchev–Trinajstić information content (AvgIpc) is 2.53. The maximum atomic E-state index is 13.6. The molecule has 0 unspecified atom stereocenters. The smallest absolute Gasteiger partial charge is 0.134 e. The predicted octanol–water partition coefficient (Wildman–Crippen LogP) is 5.46. The van der Waals surface area contributed by atoms with Crippen LogP contribution in [-0.2, 0) is 6.42 Å². The highest BCUT2D eigenvalue weighted by atomic mass is 19.1. The van der Waals surface area contributed by atoms with Gasteiger partial charge < -0.3 is 5.32 Å². The van der Waals surface area contributed by atoms with Gasteiger partial charge in [-0.25, -0.2) is 9.37 Å². The van der Waals surface area contributed by atoms with Crippen LogP contribution in [0.4, 0.5) is 10.2 Å². The molecule has 1 aliphatic rings. The molecule has 2 nitrogen and oxygen atoms in total. The molecule has 3 heteroatoms. The van der Waals surface area contributed by atoms with Crippen molar-refractivity contribution in [1.29, 1.82) is 0 Å². The van der Waals surface area contributed by atoms with Gasteiger partial charge in [0.05, 0.1) is 0 Å². The first-order valence-electron chi connectivity index (χ1n) is 8.62. The second-order valence-corrected chi connectivity index (χ2v) is 6.41. The SMILES string of the molecule is CCCCc1cc2cc(F)ccc2c(NC2CCCCC2)n1. The Morgan fingerprint density at radius 1 is 1.18 bits per heavy atom. The van der Waals surface area contributed by atoms with Crippen molar-refractivity contribution in [2.75, 3.05) is 5.32 Å². The number of aromatic nitrogens is 1.